The quantitative estimate of drug-likeness (QED) is 0.104. The first kappa shape index (κ1) is 52.7. The number of anilines is 4. The third-order valence-corrected chi connectivity index (χ3v) is 13.1. The van der Waals surface area contributed by atoms with Crippen LogP contribution >= 0.6 is 0 Å². The van der Waals surface area contributed by atoms with Crippen molar-refractivity contribution in [1.29, 1.82) is 5.26 Å². The van der Waals surface area contributed by atoms with Gasteiger partial charge in [-0.25, -0.2) is 36.4 Å². The largest absolute Gasteiger partial charge is 0.478 e. The lowest BCUT2D eigenvalue weighted by molar-refractivity contribution is 0.0632. The number of benzene rings is 4. The third-order valence-electron chi connectivity index (χ3n) is 10.8. The Labute approximate surface area is 425 Å². The van der Waals surface area contributed by atoms with Gasteiger partial charge in [-0.05, 0) is 105 Å². The summed E-state index contributed by atoms with van der Waals surface area (Å²) in [6.45, 7) is 5.06. The molecule has 0 atom stereocenters. The number of nitrogen functional groups attached to an aromatic ring is 1. The summed E-state index contributed by atoms with van der Waals surface area (Å²) in [6.07, 6.45) is 7.24. The molecular weight excluding hydrogens is 987 g/mol. The number of rotatable bonds is 12. The van der Waals surface area contributed by atoms with Crippen molar-refractivity contribution in [3.8, 4) is 6.07 Å². The molecule has 0 radical (unpaired) electrons. The van der Waals surface area contributed by atoms with Crippen molar-refractivity contribution in [2.75, 3.05) is 33.4 Å². The minimum atomic E-state index is -3.71. The van der Waals surface area contributed by atoms with Crippen molar-refractivity contribution in [2.24, 2.45) is 0 Å². The lowest BCUT2D eigenvalue weighted by Crippen LogP contribution is -2.31. The molecule has 0 saturated carbocycles. The number of sulfone groups is 2. The number of aromatic carboxylic acids is 1. The van der Waals surface area contributed by atoms with Crippen LogP contribution in [0.1, 0.15) is 68.5 Å². The molecule has 4 aromatic heterocycles. The highest BCUT2D eigenvalue weighted by Crippen LogP contribution is 2.32. The van der Waals surface area contributed by atoms with Crippen LogP contribution in [0.2, 0.25) is 0 Å². The first-order chi connectivity index (χ1) is 35.0. The lowest BCUT2D eigenvalue weighted by Gasteiger charge is -2.25. The van der Waals surface area contributed by atoms with Gasteiger partial charge in [0.05, 0.1) is 73.6 Å². The fraction of sp³-hybridized carbons (Fsp3) is 0.151. The van der Waals surface area contributed by atoms with Gasteiger partial charge in [-0.15, -0.1) is 0 Å². The fourth-order valence-electron chi connectivity index (χ4n) is 7.68. The molecule has 376 valence electrons. The van der Waals surface area contributed by atoms with Crippen LogP contribution in [0, 0.1) is 11.3 Å². The van der Waals surface area contributed by atoms with Gasteiger partial charge in [0.25, 0.3) is 11.8 Å². The molecule has 74 heavy (non-hydrogen) atoms. The topological polar surface area (TPSA) is 286 Å². The molecule has 21 heteroatoms. The second kappa shape index (κ2) is 21.7. The van der Waals surface area contributed by atoms with Crippen molar-refractivity contribution in [1.82, 2.24) is 19.9 Å². The maximum Gasteiger partial charge on any atom is 0.413 e. The molecule has 0 unspecified atom stereocenters. The number of carbonyl (C=O) groups excluding carboxylic acids is 3. The zero-order chi connectivity index (χ0) is 53.5. The number of amides is 3. The van der Waals surface area contributed by atoms with Gasteiger partial charge in [0.2, 0.25) is 0 Å². The molecule has 4 heterocycles. The van der Waals surface area contributed by atoms with E-state index in [4.69, 9.17) is 10.5 Å². The number of carboxylic acids is 1. The van der Waals surface area contributed by atoms with E-state index in [1.807, 2.05) is 0 Å². The Morgan fingerprint density at radius 2 is 1.16 bits per heavy atom. The standard InChI is InChI=1S/C29H28N4O7S.C24H19N5O3S/c1-29(2,3)40-28(37)32-25-15-21(27(35)36)20-12-11-18(14-22(20)31-25)17-33(26(34)19-8-7-13-30-16-19)23-9-5-6-10-24(23)41(4,38)39;1-33(31,32)22-7-3-2-6-21(22)29(24(30)17-5-4-10-27-14-17)15-16-8-9-19-18(13-25)12-23(26)28-20(19)11-16/h5-16H,17H2,1-4H3,(H,35,36)(H,31,32,37);2-12,14H,15H2,1H3,(H2,26,28). The highest BCUT2D eigenvalue weighted by atomic mass is 32.2. The summed E-state index contributed by atoms with van der Waals surface area (Å²) in [4.78, 5) is 70.9. The van der Waals surface area contributed by atoms with Gasteiger partial charge in [-0.1, -0.05) is 48.5 Å². The van der Waals surface area contributed by atoms with Crippen LogP contribution in [0.15, 0.2) is 156 Å². The number of hydrogen-bond donors (Lipinski definition) is 3. The molecule has 4 N–H and O–H groups in total. The van der Waals surface area contributed by atoms with E-state index in [9.17, 15) is 46.4 Å². The maximum absolute atomic E-state index is 13.7. The molecule has 0 aliphatic carbocycles. The molecule has 0 bridgehead atoms. The smallest absolute Gasteiger partial charge is 0.413 e. The Morgan fingerprint density at radius 1 is 0.676 bits per heavy atom. The van der Waals surface area contributed by atoms with Crippen LogP contribution < -0.4 is 20.9 Å². The molecule has 8 rings (SSSR count). The maximum atomic E-state index is 13.7. The Balaban J connectivity index is 0.000000221. The number of para-hydroxylation sites is 2. The van der Waals surface area contributed by atoms with E-state index < -0.39 is 49.2 Å². The number of hydrogen-bond acceptors (Lipinski definition) is 15. The molecule has 0 spiro atoms. The Morgan fingerprint density at radius 3 is 1.61 bits per heavy atom. The number of pyridine rings is 4. The van der Waals surface area contributed by atoms with E-state index in [2.05, 4.69) is 31.3 Å². The molecule has 0 saturated heterocycles. The SMILES string of the molecule is CC(C)(C)OC(=O)Nc1cc(C(=O)O)c2ccc(CN(C(=O)c3cccnc3)c3ccccc3S(C)(=O)=O)cc2n1.CS(=O)(=O)c1ccccc1N(Cc1ccc2c(C#N)cc(N)nc2c1)C(=O)c1cccnc1. The lowest BCUT2D eigenvalue weighted by atomic mass is 10.1. The van der Waals surface area contributed by atoms with Gasteiger partial charge in [0, 0.05) is 48.1 Å². The summed E-state index contributed by atoms with van der Waals surface area (Å²) in [5, 5.41) is 22.6. The number of ether oxygens (including phenoxy) is 1. The average Bonchev–Trinajstić information content (AvgIpc) is 3.35. The number of nitrogens with one attached hydrogen (secondary N) is 1. The molecule has 4 aromatic carbocycles. The predicted molar refractivity (Wildman–Crippen MR) is 278 cm³/mol. The fourth-order valence-corrected chi connectivity index (χ4v) is 9.45. The van der Waals surface area contributed by atoms with Crippen LogP contribution in [-0.2, 0) is 37.5 Å². The average molecular weight is 1030 g/mol. The van der Waals surface area contributed by atoms with E-state index in [1.165, 1.54) is 58.7 Å². The molecule has 0 aliphatic rings. The van der Waals surface area contributed by atoms with Gasteiger partial charge in [0.1, 0.15) is 17.2 Å². The summed E-state index contributed by atoms with van der Waals surface area (Å²) in [7, 11) is -7.32. The predicted octanol–water partition coefficient (Wildman–Crippen LogP) is 8.26. The molecule has 0 fully saturated rings. The van der Waals surface area contributed by atoms with Gasteiger partial charge in [-0.2, -0.15) is 5.26 Å². The van der Waals surface area contributed by atoms with Crippen molar-refractivity contribution in [2.45, 2.75) is 49.3 Å². The highest BCUT2D eigenvalue weighted by molar-refractivity contribution is 7.91. The van der Waals surface area contributed by atoms with E-state index in [0.717, 1.165) is 12.5 Å². The third kappa shape index (κ3) is 12.7. The minimum absolute atomic E-state index is 0.0341. The van der Waals surface area contributed by atoms with Crippen molar-refractivity contribution < 1.29 is 45.9 Å². The Kier molecular flexibility index (Phi) is 15.4. The van der Waals surface area contributed by atoms with E-state index in [-0.39, 0.29) is 62.5 Å². The van der Waals surface area contributed by atoms with E-state index >= 15 is 0 Å². The first-order valence-corrected chi connectivity index (χ1v) is 26.1. The Hall–Kier alpha value is -9.13. The van der Waals surface area contributed by atoms with E-state index in [0.29, 0.717) is 38.5 Å². The van der Waals surface area contributed by atoms with Gasteiger partial charge in [-0.3, -0.25) is 24.9 Å². The van der Waals surface area contributed by atoms with Crippen LogP contribution in [-0.4, -0.2) is 83.9 Å². The van der Waals surface area contributed by atoms with Crippen LogP contribution in [0.4, 0.5) is 27.8 Å². The number of fused-ring (bicyclic) bond motifs is 2. The molecule has 19 nitrogen and oxygen atoms in total. The summed E-state index contributed by atoms with van der Waals surface area (Å²) in [5.41, 5.74) is 8.29. The molecule has 0 aliphatic heterocycles. The van der Waals surface area contributed by atoms with Crippen molar-refractivity contribution in [3.63, 3.8) is 0 Å². The normalized spacial score (nSPS) is 11.4. The first-order valence-electron chi connectivity index (χ1n) is 22.3. The monoisotopic (exact) mass is 1030 g/mol. The number of nitrogens with zero attached hydrogens (tertiary/aromatic N) is 7. The number of carboxylic acid groups (broad SMARTS) is 1. The van der Waals surface area contributed by atoms with Gasteiger partial charge >= 0.3 is 12.1 Å². The van der Waals surface area contributed by atoms with Gasteiger partial charge < -0.3 is 25.4 Å². The summed E-state index contributed by atoms with van der Waals surface area (Å²) < 4.78 is 55.3. The van der Waals surface area contributed by atoms with Crippen LogP contribution in [0.5, 0.6) is 0 Å². The van der Waals surface area contributed by atoms with Crippen molar-refractivity contribution >= 4 is 88.4 Å². The second-order valence-corrected chi connectivity index (χ2v) is 21.6. The molecule has 3 amide bonds. The highest BCUT2D eigenvalue weighted by Gasteiger charge is 2.27. The number of nitriles is 1. The van der Waals surface area contributed by atoms with Crippen LogP contribution in [0.3, 0.4) is 0 Å². The second-order valence-electron chi connectivity index (χ2n) is 17.6. The summed E-state index contributed by atoms with van der Waals surface area (Å²) in [6, 6.07) is 33.8. The summed E-state index contributed by atoms with van der Waals surface area (Å²) >= 11 is 0. The number of carbonyl (C=O) groups is 4. The minimum Gasteiger partial charge on any atom is -0.478 e. The van der Waals surface area contributed by atoms with Gasteiger partial charge in [0.15, 0.2) is 19.7 Å². The molecule has 8 aromatic rings. The number of nitrogens with two attached hydrogens (primary N) is 1. The number of aromatic nitrogens is 4. The van der Waals surface area contributed by atoms with Crippen LogP contribution in [0.25, 0.3) is 21.8 Å². The summed E-state index contributed by atoms with van der Waals surface area (Å²) in [5.74, 6) is -1.95. The zero-order valence-corrected chi connectivity index (χ0v) is 42.0. The zero-order valence-electron chi connectivity index (χ0n) is 40.4. The molecular formula is C53H47N9O10S2. The Bertz CT molecular complexity index is 3760. The van der Waals surface area contributed by atoms with E-state index in [1.54, 1.807) is 118 Å². The van der Waals surface area contributed by atoms with Crippen molar-refractivity contribution in [3.05, 3.63) is 179 Å².